The highest BCUT2D eigenvalue weighted by Crippen LogP contribution is 2.21. The van der Waals surface area contributed by atoms with E-state index in [0.29, 0.717) is 12.2 Å². The Bertz CT molecular complexity index is 800. The van der Waals surface area contributed by atoms with Gasteiger partial charge in [0.05, 0.1) is 12.7 Å². The van der Waals surface area contributed by atoms with Gasteiger partial charge in [-0.25, -0.2) is 4.79 Å². The van der Waals surface area contributed by atoms with Crippen molar-refractivity contribution in [3.8, 4) is 0 Å². The number of carbonyl (C=O) groups is 2. The SMILES string of the molecule is CC(OCC1CCCCO1)C(=O)NC(C(=O)O)c1ccc2ccccc2c1. The van der Waals surface area contributed by atoms with Crippen LogP contribution in [-0.4, -0.2) is 42.4 Å². The summed E-state index contributed by atoms with van der Waals surface area (Å²) in [6.45, 7) is 2.68. The number of benzene rings is 2. The Hall–Kier alpha value is -2.44. The molecule has 144 valence electrons. The molecule has 3 unspecified atom stereocenters. The van der Waals surface area contributed by atoms with Gasteiger partial charge >= 0.3 is 5.97 Å². The van der Waals surface area contributed by atoms with E-state index in [9.17, 15) is 14.7 Å². The molecule has 2 N–H and O–H groups in total. The monoisotopic (exact) mass is 371 g/mol. The molecule has 3 rings (SSSR count). The fourth-order valence-corrected chi connectivity index (χ4v) is 3.20. The number of nitrogens with one attached hydrogen (secondary N) is 1. The van der Waals surface area contributed by atoms with Gasteiger partial charge in [-0.2, -0.15) is 0 Å². The average molecular weight is 371 g/mol. The summed E-state index contributed by atoms with van der Waals surface area (Å²) in [6, 6.07) is 11.9. The van der Waals surface area contributed by atoms with Gasteiger partial charge in [-0.15, -0.1) is 0 Å². The fourth-order valence-electron chi connectivity index (χ4n) is 3.20. The Morgan fingerprint density at radius 1 is 1.22 bits per heavy atom. The predicted molar refractivity (Wildman–Crippen MR) is 101 cm³/mol. The van der Waals surface area contributed by atoms with Crippen molar-refractivity contribution in [3.63, 3.8) is 0 Å². The van der Waals surface area contributed by atoms with Crippen LogP contribution in [0.1, 0.15) is 37.8 Å². The Morgan fingerprint density at radius 3 is 2.70 bits per heavy atom. The first kappa shape index (κ1) is 19.3. The molecule has 1 saturated heterocycles. The number of rotatable bonds is 7. The second-order valence-corrected chi connectivity index (χ2v) is 6.85. The lowest BCUT2D eigenvalue weighted by molar-refractivity contribution is -0.145. The van der Waals surface area contributed by atoms with Gasteiger partial charge in [0.15, 0.2) is 6.04 Å². The fraction of sp³-hybridized carbons (Fsp3) is 0.429. The molecule has 2 aromatic rings. The van der Waals surface area contributed by atoms with Crippen LogP contribution in [0.25, 0.3) is 10.8 Å². The van der Waals surface area contributed by atoms with Gasteiger partial charge in [0.2, 0.25) is 5.91 Å². The van der Waals surface area contributed by atoms with E-state index in [0.717, 1.165) is 36.6 Å². The smallest absolute Gasteiger partial charge is 0.330 e. The van der Waals surface area contributed by atoms with Gasteiger partial charge in [0.1, 0.15) is 6.10 Å². The van der Waals surface area contributed by atoms with Gasteiger partial charge in [-0.3, -0.25) is 4.79 Å². The van der Waals surface area contributed by atoms with Crippen molar-refractivity contribution in [2.75, 3.05) is 13.2 Å². The van der Waals surface area contributed by atoms with E-state index in [1.165, 1.54) is 0 Å². The number of hydrogen-bond acceptors (Lipinski definition) is 4. The number of ether oxygens (including phenoxy) is 2. The highest BCUT2D eigenvalue weighted by atomic mass is 16.5. The summed E-state index contributed by atoms with van der Waals surface area (Å²) in [5, 5.41) is 14.1. The second kappa shape index (κ2) is 8.97. The van der Waals surface area contributed by atoms with Crippen LogP contribution >= 0.6 is 0 Å². The minimum atomic E-state index is -1.13. The normalized spacial score (nSPS) is 19.4. The van der Waals surface area contributed by atoms with Crippen molar-refractivity contribution in [2.24, 2.45) is 0 Å². The van der Waals surface area contributed by atoms with E-state index in [-0.39, 0.29) is 6.10 Å². The zero-order chi connectivity index (χ0) is 19.2. The van der Waals surface area contributed by atoms with Crippen LogP contribution in [0.15, 0.2) is 42.5 Å². The number of hydrogen-bond donors (Lipinski definition) is 2. The van der Waals surface area contributed by atoms with Crippen molar-refractivity contribution in [1.82, 2.24) is 5.32 Å². The average Bonchev–Trinajstić information content (AvgIpc) is 2.70. The van der Waals surface area contributed by atoms with E-state index in [1.807, 2.05) is 30.3 Å². The van der Waals surface area contributed by atoms with E-state index >= 15 is 0 Å². The van der Waals surface area contributed by atoms with Gasteiger partial charge in [-0.05, 0) is 48.6 Å². The van der Waals surface area contributed by atoms with E-state index < -0.39 is 24.0 Å². The molecule has 1 amide bonds. The van der Waals surface area contributed by atoms with E-state index in [2.05, 4.69) is 5.32 Å². The molecule has 0 spiro atoms. The zero-order valence-electron chi connectivity index (χ0n) is 15.4. The second-order valence-electron chi connectivity index (χ2n) is 6.85. The van der Waals surface area contributed by atoms with Gasteiger partial charge in [0.25, 0.3) is 0 Å². The van der Waals surface area contributed by atoms with Crippen molar-refractivity contribution < 1.29 is 24.2 Å². The van der Waals surface area contributed by atoms with Crippen LogP contribution in [0.4, 0.5) is 0 Å². The zero-order valence-corrected chi connectivity index (χ0v) is 15.4. The largest absolute Gasteiger partial charge is 0.479 e. The van der Waals surface area contributed by atoms with Gasteiger partial charge < -0.3 is 19.9 Å². The Labute approximate surface area is 158 Å². The van der Waals surface area contributed by atoms with Gasteiger partial charge in [0, 0.05) is 6.61 Å². The summed E-state index contributed by atoms with van der Waals surface area (Å²) >= 11 is 0. The molecule has 1 aliphatic rings. The lowest BCUT2D eigenvalue weighted by Gasteiger charge is -2.24. The lowest BCUT2D eigenvalue weighted by Crippen LogP contribution is -2.41. The standard InChI is InChI=1S/C21H25NO5/c1-14(27-13-18-8-4-5-11-26-18)20(23)22-19(21(24)25)17-10-9-15-6-2-3-7-16(15)12-17/h2-3,6-7,9-10,12,14,18-19H,4-5,8,11,13H2,1H3,(H,22,23)(H,24,25). The number of carboxylic acid groups (broad SMARTS) is 1. The van der Waals surface area contributed by atoms with E-state index in [1.54, 1.807) is 19.1 Å². The number of aliphatic carboxylic acids is 1. The quantitative estimate of drug-likeness (QED) is 0.781. The summed E-state index contributed by atoms with van der Waals surface area (Å²) in [7, 11) is 0. The van der Waals surface area contributed by atoms with Crippen LogP contribution in [-0.2, 0) is 19.1 Å². The Morgan fingerprint density at radius 2 is 2.00 bits per heavy atom. The first-order chi connectivity index (χ1) is 13.0. The van der Waals surface area contributed by atoms with Crippen molar-refractivity contribution in [2.45, 2.75) is 44.4 Å². The number of fused-ring (bicyclic) bond motifs is 1. The molecule has 0 bridgehead atoms. The lowest BCUT2D eigenvalue weighted by atomic mass is 10.0. The first-order valence-corrected chi connectivity index (χ1v) is 9.29. The molecule has 1 heterocycles. The summed E-state index contributed by atoms with van der Waals surface area (Å²) in [4.78, 5) is 24.2. The molecule has 0 radical (unpaired) electrons. The highest BCUT2D eigenvalue weighted by molar-refractivity contribution is 5.89. The molecular weight excluding hydrogens is 346 g/mol. The van der Waals surface area contributed by atoms with Crippen LogP contribution in [0.3, 0.4) is 0 Å². The van der Waals surface area contributed by atoms with Crippen molar-refractivity contribution >= 4 is 22.6 Å². The molecule has 6 heteroatoms. The maximum absolute atomic E-state index is 12.4. The molecule has 0 saturated carbocycles. The third-order valence-corrected chi connectivity index (χ3v) is 4.82. The maximum atomic E-state index is 12.4. The van der Waals surface area contributed by atoms with Gasteiger partial charge in [-0.1, -0.05) is 36.4 Å². The number of carboxylic acids is 1. The first-order valence-electron chi connectivity index (χ1n) is 9.29. The Kier molecular flexibility index (Phi) is 6.42. The van der Waals surface area contributed by atoms with Crippen molar-refractivity contribution in [1.29, 1.82) is 0 Å². The van der Waals surface area contributed by atoms with E-state index in [4.69, 9.17) is 9.47 Å². The van der Waals surface area contributed by atoms with Crippen LogP contribution < -0.4 is 5.32 Å². The summed E-state index contributed by atoms with van der Waals surface area (Å²) in [6.07, 6.45) is 2.32. The molecule has 1 aliphatic heterocycles. The molecule has 0 aliphatic carbocycles. The molecular formula is C21H25NO5. The van der Waals surface area contributed by atoms with Crippen molar-refractivity contribution in [3.05, 3.63) is 48.0 Å². The Balaban J connectivity index is 1.63. The topological polar surface area (TPSA) is 84.9 Å². The molecule has 0 aromatic heterocycles. The summed E-state index contributed by atoms with van der Waals surface area (Å²) in [5.41, 5.74) is 0.525. The van der Waals surface area contributed by atoms with Crippen LogP contribution in [0, 0.1) is 0 Å². The van der Waals surface area contributed by atoms with Crippen LogP contribution in [0.5, 0.6) is 0 Å². The molecule has 27 heavy (non-hydrogen) atoms. The minimum absolute atomic E-state index is 0.00441. The molecule has 6 nitrogen and oxygen atoms in total. The summed E-state index contributed by atoms with van der Waals surface area (Å²) < 4.78 is 11.2. The molecule has 3 atom stereocenters. The predicted octanol–water partition coefficient (Wildman–Crippen LogP) is 3.06. The summed E-state index contributed by atoms with van der Waals surface area (Å²) in [5.74, 6) is -1.56. The highest BCUT2D eigenvalue weighted by Gasteiger charge is 2.26. The molecule has 2 aromatic carbocycles. The number of amides is 1. The number of carbonyl (C=O) groups excluding carboxylic acids is 1. The maximum Gasteiger partial charge on any atom is 0.330 e. The third-order valence-electron chi connectivity index (χ3n) is 4.82. The third kappa shape index (κ3) is 5.05. The van der Waals surface area contributed by atoms with Crippen LogP contribution in [0.2, 0.25) is 0 Å². The minimum Gasteiger partial charge on any atom is -0.479 e. The molecule has 1 fully saturated rings.